The second-order valence-corrected chi connectivity index (χ2v) is 8.22. The largest absolute Gasteiger partial charge is 0.480 e. The molecular formula is C12H27BN4O6S. The highest BCUT2D eigenvalue weighted by atomic mass is 32.2. The molecular weight excluding hydrogens is 339 g/mol. The van der Waals surface area contributed by atoms with Crippen LogP contribution in [0.4, 0.5) is 0 Å². The van der Waals surface area contributed by atoms with Crippen LogP contribution in [0.15, 0.2) is 0 Å². The Hall–Kier alpha value is -0.755. The average Bonchev–Trinajstić information content (AvgIpc) is 2.77. The Morgan fingerprint density at radius 1 is 1.46 bits per heavy atom. The number of nitrogens with zero attached hydrogens (tertiary/aromatic N) is 1. The van der Waals surface area contributed by atoms with Gasteiger partial charge in [-0.05, 0) is 26.6 Å². The summed E-state index contributed by atoms with van der Waals surface area (Å²) in [6.45, 7) is 2.87. The number of hydrogen-bond donors (Lipinski definition) is 6. The summed E-state index contributed by atoms with van der Waals surface area (Å²) in [5.74, 6) is -1.91. The van der Waals surface area contributed by atoms with Gasteiger partial charge in [-0.2, -0.15) is 17.4 Å². The molecule has 4 atom stereocenters. The SMILES string of the molecule is C[C@H](NS(=O)(=O)N1C[C@@H](CCCB(O)O)[C@](N)(C(=O)O)C1)[C@@H](C)N. The van der Waals surface area contributed by atoms with E-state index in [9.17, 15) is 18.3 Å². The molecule has 1 aliphatic rings. The summed E-state index contributed by atoms with van der Waals surface area (Å²) in [5, 5.41) is 27.2. The number of nitrogens with one attached hydrogen (secondary N) is 1. The van der Waals surface area contributed by atoms with Gasteiger partial charge in [0.1, 0.15) is 5.54 Å². The topological polar surface area (TPSA) is 179 Å². The van der Waals surface area contributed by atoms with Crippen LogP contribution in [0.1, 0.15) is 26.7 Å². The minimum Gasteiger partial charge on any atom is -0.480 e. The number of carboxylic acid groups (broad SMARTS) is 1. The summed E-state index contributed by atoms with van der Waals surface area (Å²) >= 11 is 0. The van der Waals surface area contributed by atoms with Crippen molar-refractivity contribution in [1.82, 2.24) is 9.03 Å². The first-order valence-electron chi connectivity index (χ1n) is 7.81. The molecule has 8 N–H and O–H groups in total. The smallest absolute Gasteiger partial charge is 0.451 e. The van der Waals surface area contributed by atoms with Gasteiger partial charge in [-0.25, -0.2) is 0 Å². The highest BCUT2D eigenvalue weighted by molar-refractivity contribution is 7.87. The van der Waals surface area contributed by atoms with Gasteiger partial charge in [0.15, 0.2) is 0 Å². The van der Waals surface area contributed by atoms with Crippen molar-refractivity contribution < 1.29 is 28.4 Å². The van der Waals surface area contributed by atoms with E-state index in [-0.39, 0.29) is 25.8 Å². The normalized spacial score (nSPS) is 27.8. The fourth-order valence-electron chi connectivity index (χ4n) is 2.63. The highest BCUT2D eigenvalue weighted by Gasteiger charge is 2.52. The minimum atomic E-state index is -3.92. The van der Waals surface area contributed by atoms with Crippen LogP contribution >= 0.6 is 0 Å². The highest BCUT2D eigenvalue weighted by Crippen LogP contribution is 2.31. The lowest BCUT2D eigenvalue weighted by Gasteiger charge is -2.25. The van der Waals surface area contributed by atoms with E-state index in [2.05, 4.69) is 4.72 Å². The van der Waals surface area contributed by atoms with E-state index in [0.29, 0.717) is 6.42 Å². The second-order valence-electron chi connectivity index (χ2n) is 6.52. The Labute approximate surface area is 142 Å². The van der Waals surface area contributed by atoms with Crippen LogP contribution in [0, 0.1) is 5.92 Å². The summed E-state index contributed by atoms with van der Waals surface area (Å²) in [4.78, 5) is 11.5. The second kappa shape index (κ2) is 8.08. The molecule has 140 valence electrons. The molecule has 1 heterocycles. The van der Waals surface area contributed by atoms with Crippen molar-refractivity contribution in [1.29, 1.82) is 0 Å². The van der Waals surface area contributed by atoms with Gasteiger partial charge in [0.05, 0.1) is 0 Å². The molecule has 0 aromatic rings. The van der Waals surface area contributed by atoms with Crippen molar-refractivity contribution in [3.63, 3.8) is 0 Å². The van der Waals surface area contributed by atoms with Crippen molar-refractivity contribution >= 4 is 23.3 Å². The standard InChI is InChI=1S/C12H27BN4O6S/c1-8(14)9(2)16-24(22,23)17-6-10(4-3-5-13(20)21)12(15,7-17)11(18)19/h8-10,16,20-21H,3-7,14-15H2,1-2H3,(H,18,19)/t8-,9+,10-,12+/m1/s1. The van der Waals surface area contributed by atoms with Crippen LogP contribution in [-0.2, 0) is 15.0 Å². The number of carboxylic acids is 1. The molecule has 0 radical (unpaired) electrons. The number of carbonyl (C=O) groups is 1. The third-order valence-corrected chi connectivity index (χ3v) is 6.09. The Morgan fingerprint density at radius 2 is 2.04 bits per heavy atom. The molecule has 0 aromatic carbocycles. The monoisotopic (exact) mass is 366 g/mol. The summed E-state index contributed by atoms with van der Waals surface area (Å²) in [6, 6.07) is -0.929. The van der Waals surface area contributed by atoms with Crippen molar-refractivity contribution in [2.45, 2.75) is 50.6 Å². The molecule has 12 heteroatoms. The zero-order chi connectivity index (χ0) is 18.7. The third kappa shape index (κ3) is 5.12. The predicted octanol–water partition coefficient (Wildman–Crippen LogP) is -2.48. The number of hydrogen-bond acceptors (Lipinski definition) is 7. The Bertz CT molecular complexity index is 546. The van der Waals surface area contributed by atoms with Crippen LogP contribution in [0.2, 0.25) is 6.32 Å². The van der Waals surface area contributed by atoms with E-state index < -0.39 is 46.8 Å². The summed E-state index contributed by atoms with van der Waals surface area (Å²) in [7, 11) is -5.41. The van der Waals surface area contributed by atoms with Crippen LogP contribution in [0.3, 0.4) is 0 Å². The van der Waals surface area contributed by atoms with Gasteiger partial charge in [0.2, 0.25) is 0 Å². The molecule has 1 aliphatic heterocycles. The average molecular weight is 366 g/mol. The van der Waals surface area contributed by atoms with Gasteiger partial charge in [-0.1, -0.05) is 6.42 Å². The van der Waals surface area contributed by atoms with E-state index >= 15 is 0 Å². The molecule has 0 bridgehead atoms. The van der Waals surface area contributed by atoms with Crippen LogP contribution in [-0.4, -0.2) is 71.7 Å². The van der Waals surface area contributed by atoms with E-state index in [1.807, 2.05) is 0 Å². The molecule has 0 aromatic heterocycles. The lowest BCUT2D eigenvalue weighted by atomic mass is 9.78. The maximum Gasteiger partial charge on any atom is 0.451 e. The van der Waals surface area contributed by atoms with E-state index in [1.165, 1.54) is 0 Å². The fraction of sp³-hybridized carbons (Fsp3) is 0.917. The fourth-order valence-corrected chi connectivity index (χ4v) is 4.23. The summed E-state index contributed by atoms with van der Waals surface area (Å²) in [6.07, 6.45) is 0.667. The zero-order valence-electron chi connectivity index (χ0n) is 13.9. The van der Waals surface area contributed by atoms with E-state index in [1.54, 1.807) is 13.8 Å². The predicted molar refractivity (Wildman–Crippen MR) is 89.0 cm³/mol. The van der Waals surface area contributed by atoms with Crippen molar-refractivity contribution in [2.24, 2.45) is 17.4 Å². The van der Waals surface area contributed by atoms with Gasteiger partial charge in [-0.15, -0.1) is 0 Å². The number of rotatable bonds is 9. The lowest BCUT2D eigenvalue weighted by Crippen LogP contribution is -2.56. The van der Waals surface area contributed by atoms with Crippen molar-refractivity contribution in [3.8, 4) is 0 Å². The molecule has 1 rings (SSSR count). The van der Waals surface area contributed by atoms with E-state index in [4.69, 9.17) is 21.5 Å². The minimum absolute atomic E-state index is 0.0503. The molecule has 0 spiro atoms. The Kier molecular flexibility index (Phi) is 7.17. The summed E-state index contributed by atoms with van der Waals surface area (Å²) < 4.78 is 28.3. The molecule has 0 aliphatic carbocycles. The van der Waals surface area contributed by atoms with Crippen LogP contribution < -0.4 is 16.2 Å². The van der Waals surface area contributed by atoms with Gasteiger partial charge >= 0.3 is 13.1 Å². The first kappa shape index (κ1) is 21.3. The molecule has 24 heavy (non-hydrogen) atoms. The quantitative estimate of drug-likeness (QED) is 0.243. The Morgan fingerprint density at radius 3 is 2.50 bits per heavy atom. The maximum atomic E-state index is 12.4. The third-order valence-electron chi connectivity index (χ3n) is 4.47. The van der Waals surface area contributed by atoms with Gasteiger partial charge in [0.25, 0.3) is 10.2 Å². The van der Waals surface area contributed by atoms with Gasteiger partial charge in [-0.3, -0.25) is 4.79 Å². The van der Waals surface area contributed by atoms with Gasteiger partial charge < -0.3 is 26.6 Å². The first-order chi connectivity index (χ1) is 10.9. The number of nitrogens with two attached hydrogens (primary N) is 2. The van der Waals surface area contributed by atoms with Crippen molar-refractivity contribution in [3.05, 3.63) is 0 Å². The molecule has 1 saturated heterocycles. The molecule has 0 unspecified atom stereocenters. The molecule has 10 nitrogen and oxygen atoms in total. The van der Waals surface area contributed by atoms with Gasteiger partial charge in [0, 0.05) is 31.1 Å². The first-order valence-corrected chi connectivity index (χ1v) is 9.25. The number of aliphatic carboxylic acids is 1. The molecule has 0 saturated carbocycles. The molecule has 0 amide bonds. The van der Waals surface area contributed by atoms with Crippen molar-refractivity contribution in [2.75, 3.05) is 13.1 Å². The van der Waals surface area contributed by atoms with Crippen LogP contribution in [0.5, 0.6) is 0 Å². The van der Waals surface area contributed by atoms with E-state index in [0.717, 1.165) is 4.31 Å². The van der Waals surface area contributed by atoms with Crippen LogP contribution in [0.25, 0.3) is 0 Å². The lowest BCUT2D eigenvalue weighted by molar-refractivity contribution is -0.144. The summed E-state index contributed by atoms with van der Waals surface area (Å²) in [5.41, 5.74) is 9.90. The maximum absolute atomic E-state index is 12.4. The molecule has 1 fully saturated rings. The Balaban J connectivity index is 2.87. The zero-order valence-corrected chi connectivity index (χ0v) is 14.7.